The molecule has 1 fully saturated rings. The van der Waals surface area contributed by atoms with Gasteiger partial charge >= 0.3 is 0 Å². The third-order valence-corrected chi connectivity index (χ3v) is 3.92. The number of rotatable bonds is 6. The van der Waals surface area contributed by atoms with E-state index in [0.29, 0.717) is 24.7 Å². The van der Waals surface area contributed by atoms with Crippen LogP contribution in [0.25, 0.3) is 0 Å². The molecule has 1 aromatic carbocycles. The standard InChI is InChI=1S/C17H26N2O3/c1-4-21-13-8-9-16(22-5-2)15(11-13)19-17(20)14-7-6-10-18-12(14)3/h8-9,11-12,14,18H,4-7,10H2,1-3H3,(H,19,20). The van der Waals surface area contributed by atoms with E-state index in [2.05, 4.69) is 17.6 Å². The van der Waals surface area contributed by atoms with Crippen LogP contribution in [-0.4, -0.2) is 31.7 Å². The van der Waals surface area contributed by atoms with Crippen LogP contribution in [0.1, 0.15) is 33.6 Å². The maximum atomic E-state index is 12.6. The van der Waals surface area contributed by atoms with Crippen molar-refractivity contribution in [3.8, 4) is 11.5 Å². The van der Waals surface area contributed by atoms with Crippen LogP contribution < -0.4 is 20.1 Å². The minimum atomic E-state index is -0.0148. The van der Waals surface area contributed by atoms with Crippen LogP contribution in [0.15, 0.2) is 18.2 Å². The molecule has 0 radical (unpaired) electrons. The molecule has 0 saturated carbocycles. The van der Waals surface area contributed by atoms with E-state index in [4.69, 9.17) is 9.47 Å². The van der Waals surface area contributed by atoms with Gasteiger partial charge in [0.25, 0.3) is 0 Å². The Hall–Kier alpha value is -1.75. The molecule has 1 aliphatic rings. The number of hydrogen-bond acceptors (Lipinski definition) is 4. The third kappa shape index (κ3) is 4.13. The molecule has 2 N–H and O–H groups in total. The Balaban J connectivity index is 2.14. The van der Waals surface area contributed by atoms with E-state index in [-0.39, 0.29) is 17.9 Å². The van der Waals surface area contributed by atoms with Gasteiger partial charge in [-0.1, -0.05) is 0 Å². The fraction of sp³-hybridized carbons (Fsp3) is 0.588. The van der Waals surface area contributed by atoms with Gasteiger partial charge in [0.15, 0.2) is 0 Å². The highest BCUT2D eigenvalue weighted by Gasteiger charge is 2.28. The van der Waals surface area contributed by atoms with Gasteiger partial charge in [0.05, 0.1) is 24.8 Å². The molecule has 5 heteroatoms. The summed E-state index contributed by atoms with van der Waals surface area (Å²) < 4.78 is 11.1. The summed E-state index contributed by atoms with van der Waals surface area (Å²) in [5, 5.41) is 6.36. The lowest BCUT2D eigenvalue weighted by Crippen LogP contribution is -2.44. The molecule has 5 nitrogen and oxygen atoms in total. The Labute approximate surface area is 132 Å². The molecule has 1 aliphatic heterocycles. The number of carbonyl (C=O) groups is 1. The van der Waals surface area contributed by atoms with Gasteiger partial charge in [0, 0.05) is 12.1 Å². The first kappa shape index (κ1) is 16.6. The Morgan fingerprint density at radius 3 is 2.77 bits per heavy atom. The monoisotopic (exact) mass is 306 g/mol. The minimum absolute atomic E-state index is 0.0148. The van der Waals surface area contributed by atoms with Crippen molar-refractivity contribution in [1.29, 1.82) is 0 Å². The van der Waals surface area contributed by atoms with Gasteiger partial charge in [-0.15, -0.1) is 0 Å². The van der Waals surface area contributed by atoms with Gasteiger partial charge in [-0.25, -0.2) is 0 Å². The summed E-state index contributed by atoms with van der Waals surface area (Å²) >= 11 is 0. The number of carbonyl (C=O) groups excluding carboxylic acids is 1. The van der Waals surface area contributed by atoms with Crippen LogP contribution in [0.4, 0.5) is 5.69 Å². The quantitative estimate of drug-likeness (QED) is 0.848. The maximum absolute atomic E-state index is 12.6. The van der Waals surface area contributed by atoms with Crippen molar-refractivity contribution < 1.29 is 14.3 Å². The number of piperidine rings is 1. The van der Waals surface area contributed by atoms with Crippen LogP contribution in [0, 0.1) is 5.92 Å². The van der Waals surface area contributed by atoms with E-state index in [1.807, 2.05) is 32.0 Å². The third-order valence-electron chi connectivity index (χ3n) is 3.92. The molecule has 0 spiro atoms. The molecule has 1 aromatic rings. The summed E-state index contributed by atoms with van der Waals surface area (Å²) in [5.74, 6) is 1.43. The zero-order valence-electron chi connectivity index (χ0n) is 13.6. The molecule has 2 unspecified atom stereocenters. The van der Waals surface area contributed by atoms with Gasteiger partial charge in [0.2, 0.25) is 5.91 Å². The van der Waals surface area contributed by atoms with Gasteiger partial charge < -0.3 is 20.1 Å². The molecule has 2 atom stereocenters. The van der Waals surface area contributed by atoms with Gasteiger partial charge in [-0.2, -0.15) is 0 Å². The van der Waals surface area contributed by atoms with Gasteiger partial charge in [0.1, 0.15) is 11.5 Å². The van der Waals surface area contributed by atoms with Crippen LogP contribution >= 0.6 is 0 Å². The fourth-order valence-corrected chi connectivity index (χ4v) is 2.77. The first-order chi connectivity index (χ1) is 10.7. The number of benzene rings is 1. The van der Waals surface area contributed by atoms with E-state index >= 15 is 0 Å². The van der Waals surface area contributed by atoms with Crippen molar-refractivity contribution >= 4 is 11.6 Å². The summed E-state index contributed by atoms with van der Waals surface area (Å²) in [6, 6.07) is 5.72. The number of amides is 1. The Bertz CT molecular complexity index is 505. The zero-order valence-corrected chi connectivity index (χ0v) is 13.6. The molecular weight excluding hydrogens is 280 g/mol. The molecule has 122 valence electrons. The lowest BCUT2D eigenvalue weighted by molar-refractivity contribution is -0.121. The lowest BCUT2D eigenvalue weighted by Gasteiger charge is -2.29. The number of hydrogen-bond donors (Lipinski definition) is 2. The van der Waals surface area contributed by atoms with E-state index in [9.17, 15) is 4.79 Å². The average molecular weight is 306 g/mol. The highest BCUT2D eigenvalue weighted by Crippen LogP contribution is 2.30. The van der Waals surface area contributed by atoms with Crippen molar-refractivity contribution in [1.82, 2.24) is 5.32 Å². The normalized spacial score (nSPS) is 21.2. The van der Waals surface area contributed by atoms with Crippen molar-refractivity contribution in [3.63, 3.8) is 0 Å². The number of anilines is 1. The first-order valence-corrected chi connectivity index (χ1v) is 8.09. The zero-order chi connectivity index (χ0) is 15.9. The van der Waals surface area contributed by atoms with Crippen molar-refractivity contribution in [2.45, 2.75) is 39.7 Å². The molecule has 1 heterocycles. The highest BCUT2D eigenvalue weighted by molar-refractivity contribution is 5.94. The van der Waals surface area contributed by atoms with Gasteiger partial charge in [-0.3, -0.25) is 4.79 Å². The molecule has 1 saturated heterocycles. The van der Waals surface area contributed by atoms with E-state index < -0.39 is 0 Å². The second kappa shape index (κ2) is 8.03. The molecule has 22 heavy (non-hydrogen) atoms. The molecule has 0 aromatic heterocycles. The summed E-state index contributed by atoms with van der Waals surface area (Å²) in [7, 11) is 0. The lowest BCUT2D eigenvalue weighted by atomic mass is 9.91. The van der Waals surface area contributed by atoms with Crippen molar-refractivity contribution in [3.05, 3.63) is 18.2 Å². The van der Waals surface area contributed by atoms with Crippen LogP contribution in [-0.2, 0) is 4.79 Å². The van der Waals surface area contributed by atoms with Crippen molar-refractivity contribution in [2.75, 3.05) is 25.1 Å². The van der Waals surface area contributed by atoms with Crippen LogP contribution in [0.3, 0.4) is 0 Å². The minimum Gasteiger partial charge on any atom is -0.494 e. The fourth-order valence-electron chi connectivity index (χ4n) is 2.77. The Kier molecular flexibility index (Phi) is 6.07. The SMILES string of the molecule is CCOc1ccc(OCC)c(NC(=O)C2CCCNC2C)c1. The molecule has 2 rings (SSSR count). The van der Waals surface area contributed by atoms with E-state index in [1.165, 1.54) is 0 Å². The highest BCUT2D eigenvalue weighted by atomic mass is 16.5. The Morgan fingerprint density at radius 1 is 1.32 bits per heavy atom. The second-order valence-corrected chi connectivity index (χ2v) is 5.50. The predicted octanol–water partition coefficient (Wildman–Crippen LogP) is 2.81. The van der Waals surface area contributed by atoms with E-state index in [1.54, 1.807) is 0 Å². The average Bonchev–Trinajstić information content (AvgIpc) is 2.50. The molecule has 0 bridgehead atoms. The molecule has 1 amide bonds. The van der Waals surface area contributed by atoms with Crippen molar-refractivity contribution in [2.24, 2.45) is 5.92 Å². The summed E-state index contributed by atoms with van der Waals surface area (Å²) in [6.45, 7) is 8.04. The summed E-state index contributed by atoms with van der Waals surface area (Å²) in [4.78, 5) is 12.6. The largest absolute Gasteiger partial charge is 0.494 e. The second-order valence-electron chi connectivity index (χ2n) is 5.50. The molecule has 0 aliphatic carbocycles. The maximum Gasteiger partial charge on any atom is 0.229 e. The Morgan fingerprint density at radius 2 is 2.09 bits per heavy atom. The van der Waals surface area contributed by atoms with Gasteiger partial charge in [-0.05, 0) is 52.3 Å². The number of ether oxygens (including phenoxy) is 2. The topological polar surface area (TPSA) is 59.6 Å². The predicted molar refractivity (Wildman–Crippen MR) is 87.6 cm³/mol. The van der Waals surface area contributed by atoms with E-state index in [0.717, 1.165) is 25.1 Å². The first-order valence-electron chi connectivity index (χ1n) is 8.09. The summed E-state index contributed by atoms with van der Waals surface area (Å²) in [6.07, 6.45) is 1.94. The summed E-state index contributed by atoms with van der Waals surface area (Å²) in [5.41, 5.74) is 0.676. The number of nitrogens with one attached hydrogen (secondary N) is 2. The smallest absolute Gasteiger partial charge is 0.229 e. The molecular formula is C17H26N2O3. The van der Waals surface area contributed by atoms with Crippen LogP contribution in [0.2, 0.25) is 0 Å². The van der Waals surface area contributed by atoms with Crippen LogP contribution in [0.5, 0.6) is 11.5 Å².